The summed E-state index contributed by atoms with van der Waals surface area (Å²) < 4.78 is 21.6. The molecule has 1 saturated heterocycles. The van der Waals surface area contributed by atoms with E-state index < -0.39 is 0 Å². The quantitative estimate of drug-likeness (QED) is 0.562. The van der Waals surface area contributed by atoms with Gasteiger partial charge in [0.25, 0.3) is 0 Å². The highest BCUT2D eigenvalue weighted by atomic mass is 32.1. The predicted octanol–water partition coefficient (Wildman–Crippen LogP) is 4.77. The van der Waals surface area contributed by atoms with Crippen molar-refractivity contribution in [1.29, 1.82) is 0 Å². The van der Waals surface area contributed by atoms with Gasteiger partial charge in [0.05, 0.1) is 24.4 Å². The van der Waals surface area contributed by atoms with E-state index in [0.717, 1.165) is 29.3 Å². The second-order valence-corrected chi connectivity index (χ2v) is 8.29. The van der Waals surface area contributed by atoms with Crippen molar-refractivity contribution < 1.29 is 9.13 Å². The fraction of sp³-hybridized carbons (Fsp3) is 0.333. The Morgan fingerprint density at radius 2 is 1.97 bits per heavy atom. The number of hydrogen-bond donors (Lipinski definition) is 1. The summed E-state index contributed by atoms with van der Waals surface area (Å²) in [4.78, 5) is 6.69. The highest BCUT2D eigenvalue weighted by molar-refractivity contribution is 7.80. The third-order valence-electron chi connectivity index (χ3n) is 5.97. The number of nitrogens with zero attached hydrogens (tertiary/aromatic N) is 3. The first kappa shape index (κ1) is 21.5. The summed E-state index contributed by atoms with van der Waals surface area (Å²) in [5.41, 5.74) is 5.86. The van der Waals surface area contributed by atoms with Crippen molar-refractivity contribution in [2.75, 3.05) is 18.6 Å². The monoisotopic (exact) mass is 438 g/mol. The number of nitrogens with one attached hydrogen (secondary N) is 1. The van der Waals surface area contributed by atoms with E-state index in [2.05, 4.69) is 39.7 Å². The van der Waals surface area contributed by atoms with Crippen LogP contribution >= 0.6 is 12.2 Å². The summed E-state index contributed by atoms with van der Waals surface area (Å²) in [5.74, 6) is -0.225. The van der Waals surface area contributed by atoms with Crippen LogP contribution in [-0.4, -0.2) is 28.4 Å². The smallest absolute Gasteiger partial charge is 0.174 e. The van der Waals surface area contributed by atoms with Crippen LogP contribution in [0.2, 0.25) is 0 Å². The van der Waals surface area contributed by atoms with Crippen LogP contribution in [0.1, 0.15) is 40.3 Å². The predicted molar refractivity (Wildman–Crippen MR) is 125 cm³/mol. The Labute approximate surface area is 187 Å². The Hall–Kier alpha value is -2.77. The lowest BCUT2D eigenvalue weighted by Gasteiger charge is -2.28. The molecule has 1 aliphatic heterocycles. The number of aromatic nitrogens is 2. The summed E-state index contributed by atoms with van der Waals surface area (Å²) >= 11 is 5.77. The van der Waals surface area contributed by atoms with Gasteiger partial charge in [-0.15, -0.1) is 0 Å². The topological polar surface area (TPSA) is 42.3 Å². The van der Waals surface area contributed by atoms with E-state index in [1.165, 1.54) is 11.6 Å². The molecule has 2 aromatic heterocycles. The normalized spacial score (nSPS) is 18.5. The molecule has 7 heteroatoms. The fourth-order valence-electron chi connectivity index (χ4n) is 4.38. The van der Waals surface area contributed by atoms with Gasteiger partial charge < -0.3 is 19.5 Å². The van der Waals surface area contributed by atoms with E-state index in [1.54, 1.807) is 26.3 Å². The first-order valence-electron chi connectivity index (χ1n) is 10.3. The van der Waals surface area contributed by atoms with Crippen LogP contribution < -0.4 is 10.2 Å². The Bertz CT molecular complexity index is 1100. The summed E-state index contributed by atoms with van der Waals surface area (Å²) in [5, 5.41) is 4.07. The van der Waals surface area contributed by atoms with Crippen molar-refractivity contribution in [2.45, 2.75) is 39.4 Å². The minimum absolute atomic E-state index is 0.116. The molecule has 0 bridgehead atoms. The number of methoxy groups -OCH3 is 1. The van der Waals surface area contributed by atoms with Gasteiger partial charge in [0, 0.05) is 36.9 Å². The lowest BCUT2D eigenvalue weighted by Crippen LogP contribution is -2.29. The molecule has 1 aromatic carbocycles. The van der Waals surface area contributed by atoms with Gasteiger partial charge in [0.2, 0.25) is 0 Å². The van der Waals surface area contributed by atoms with Crippen molar-refractivity contribution in [1.82, 2.24) is 14.9 Å². The molecule has 0 spiro atoms. The summed E-state index contributed by atoms with van der Waals surface area (Å²) in [7, 11) is 1.71. The van der Waals surface area contributed by atoms with Crippen molar-refractivity contribution in [3.05, 3.63) is 82.7 Å². The van der Waals surface area contributed by atoms with Gasteiger partial charge in [-0.25, -0.2) is 4.39 Å². The summed E-state index contributed by atoms with van der Waals surface area (Å²) in [6, 6.07) is 13.0. The van der Waals surface area contributed by atoms with Gasteiger partial charge in [0.15, 0.2) is 5.11 Å². The van der Waals surface area contributed by atoms with E-state index >= 15 is 0 Å². The molecule has 0 amide bonds. The SMILES string of the molecule is COCCn1c(C)cc([C@H]2[C@H](c3ccccn3)NC(=S)N2c2ccc(F)c(C)c2)c1C. The van der Waals surface area contributed by atoms with Crippen molar-refractivity contribution in [3.8, 4) is 0 Å². The number of rotatable bonds is 6. The van der Waals surface area contributed by atoms with Gasteiger partial charge in [-0.1, -0.05) is 6.07 Å². The largest absolute Gasteiger partial charge is 0.383 e. The number of pyridine rings is 1. The second-order valence-electron chi connectivity index (χ2n) is 7.90. The lowest BCUT2D eigenvalue weighted by atomic mass is 9.96. The molecule has 1 fully saturated rings. The molecular weight excluding hydrogens is 411 g/mol. The number of hydrogen-bond acceptors (Lipinski definition) is 3. The highest BCUT2D eigenvalue weighted by Gasteiger charge is 2.42. The number of benzene rings is 1. The zero-order chi connectivity index (χ0) is 22.1. The average molecular weight is 439 g/mol. The molecule has 5 nitrogen and oxygen atoms in total. The maximum absolute atomic E-state index is 14.0. The highest BCUT2D eigenvalue weighted by Crippen LogP contribution is 2.43. The zero-order valence-corrected chi connectivity index (χ0v) is 19.0. The summed E-state index contributed by atoms with van der Waals surface area (Å²) in [6.45, 7) is 7.43. The molecule has 2 atom stereocenters. The fourth-order valence-corrected chi connectivity index (χ4v) is 4.73. The van der Waals surface area contributed by atoms with Gasteiger partial charge >= 0.3 is 0 Å². The number of aryl methyl sites for hydroxylation is 2. The van der Waals surface area contributed by atoms with Gasteiger partial charge in [-0.3, -0.25) is 4.98 Å². The van der Waals surface area contributed by atoms with Gasteiger partial charge in [-0.05, 0) is 80.5 Å². The van der Waals surface area contributed by atoms with E-state index in [1.807, 2.05) is 24.3 Å². The minimum atomic E-state index is -0.225. The Morgan fingerprint density at radius 3 is 2.65 bits per heavy atom. The second kappa shape index (κ2) is 8.77. The third-order valence-corrected chi connectivity index (χ3v) is 6.28. The van der Waals surface area contributed by atoms with Crippen molar-refractivity contribution >= 4 is 23.0 Å². The molecule has 31 heavy (non-hydrogen) atoms. The molecule has 0 unspecified atom stereocenters. The molecule has 3 heterocycles. The molecule has 4 rings (SSSR count). The van der Waals surface area contributed by atoms with Crippen molar-refractivity contribution in [2.24, 2.45) is 0 Å². The number of anilines is 1. The molecule has 3 aromatic rings. The van der Waals surface area contributed by atoms with Crippen LogP contribution in [0.15, 0.2) is 48.7 Å². The van der Waals surface area contributed by atoms with Crippen LogP contribution in [0.5, 0.6) is 0 Å². The van der Waals surface area contributed by atoms with E-state index in [9.17, 15) is 4.39 Å². The molecule has 1 N–H and O–H groups in total. The van der Waals surface area contributed by atoms with Crippen LogP contribution in [0.4, 0.5) is 10.1 Å². The van der Waals surface area contributed by atoms with E-state index in [0.29, 0.717) is 17.3 Å². The molecule has 0 radical (unpaired) electrons. The Morgan fingerprint density at radius 1 is 1.16 bits per heavy atom. The van der Waals surface area contributed by atoms with E-state index in [4.69, 9.17) is 17.0 Å². The molecule has 1 aliphatic rings. The van der Waals surface area contributed by atoms with Gasteiger partial charge in [0.1, 0.15) is 5.82 Å². The minimum Gasteiger partial charge on any atom is -0.383 e. The van der Waals surface area contributed by atoms with Crippen LogP contribution in [0.25, 0.3) is 0 Å². The maximum Gasteiger partial charge on any atom is 0.174 e. The molecule has 0 saturated carbocycles. The maximum atomic E-state index is 14.0. The number of halogens is 1. The van der Waals surface area contributed by atoms with Crippen LogP contribution in [0.3, 0.4) is 0 Å². The van der Waals surface area contributed by atoms with Crippen LogP contribution in [0, 0.1) is 26.6 Å². The molecular formula is C24H27FN4OS. The molecule has 0 aliphatic carbocycles. The number of ether oxygens (including phenoxy) is 1. The lowest BCUT2D eigenvalue weighted by molar-refractivity contribution is 0.186. The first-order chi connectivity index (χ1) is 14.9. The standard InChI is InChI=1S/C24H27FN4OS/c1-15-13-18(8-9-20(15)25)29-23(19-14-16(2)28(17(19)3)11-12-30-4)22(27-24(29)31)21-7-5-6-10-26-21/h5-10,13-14,22-23H,11-12H2,1-4H3,(H,27,31)/t22-,23-/m0/s1. The van der Waals surface area contributed by atoms with Crippen molar-refractivity contribution in [3.63, 3.8) is 0 Å². The Kier molecular flexibility index (Phi) is 6.07. The molecule has 162 valence electrons. The van der Waals surface area contributed by atoms with Gasteiger partial charge in [-0.2, -0.15) is 0 Å². The number of thiocarbonyl (C=S) groups is 1. The zero-order valence-electron chi connectivity index (χ0n) is 18.2. The van der Waals surface area contributed by atoms with Crippen LogP contribution in [-0.2, 0) is 11.3 Å². The Balaban J connectivity index is 1.85. The first-order valence-corrected chi connectivity index (χ1v) is 10.8. The summed E-state index contributed by atoms with van der Waals surface area (Å²) in [6.07, 6.45) is 1.80. The van der Waals surface area contributed by atoms with E-state index in [-0.39, 0.29) is 17.9 Å². The average Bonchev–Trinajstić information content (AvgIpc) is 3.25. The third kappa shape index (κ3) is 3.95.